The van der Waals surface area contributed by atoms with Gasteiger partial charge in [0.05, 0.1) is 12.8 Å². The monoisotopic (exact) mass is 295 g/mol. The van der Waals surface area contributed by atoms with Gasteiger partial charge in [-0.05, 0) is 42.0 Å². The normalized spacial score (nSPS) is 12.0. The van der Waals surface area contributed by atoms with Gasteiger partial charge >= 0.3 is 0 Å². The molecule has 1 N–H and O–H groups in total. The summed E-state index contributed by atoms with van der Waals surface area (Å²) in [6, 6.07) is 13.4. The number of rotatable bonds is 2. The fourth-order valence-electron chi connectivity index (χ4n) is 2.64. The van der Waals surface area contributed by atoms with Crippen molar-refractivity contribution in [1.29, 1.82) is 0 Å². The van der Waals surface area contributed by atoms with E-state index >= 15 is 0 Å². The van der Waals surface area contributed by atoms with Gasteiger partial charge in [-0.15, -0.1) is 11.3 Å². The van der Waals surface area contributed by atoms with Gasteiger partial charge in [-0.2, -0.15) is 0 Å². The van der Waals surface area contributed by atoms with Crippen molar-refractivity contribution in [3.05, 3.63) is 52.9 Å². The summed E-state index contributed by atoms with van der Waals surface area (Å²) in [5, 5.41) is 10.4. The van der Waals surface area contributed by atoms with E-state index in [1.54, 1.807) is 30.6 Å². The van der Waals surface area contributed by atoms with Crippen molar-refractivity contribution in [2.24, 2.45) is 0 Å². The Hall–Kier alpha value is -2.33. The fourth-order valence-corrected chi connectivity index (χ4v) is 3.74. The first-order valence-corrected chi connectivity index (χ1v) is 7.52. The molecule has 1 heterocycles. The molecule has 0 spiro atoms. The van der Waals surface area contributed by atoms with E-state index < -0.39 is 0 Å². The molecule has 3 nitrogen and oxygen atoms in total. The van der Waals surface area contributed by atoms with E-state index in [2.05, 4.69) is 12.1 Å². The van der Waals surface area contributed by atoms with Crippen molar-refractivity contribution < 1.29 is 9.84 Å². The number of thiazole rings is 1. The van der Waals surface area contributed by atoms with E-state index in [-0.39, 0.29) is 5.75 Å². The van der Waals surface area contributed by atoms with Gasteiger partial charge in [0, 0.05) is 22.4 Å². The van der Waals surface area contributed by atoms with Crippen molar-refractivity contribution in [2.45, 2.75) is 6.42 Å². The highest BCUT2D eigenvalue weighted by molar-refractivity contribution is 7.15. The molecule has 0 unspecified atom stereocenters. The molecule has 4 heteroatoms. The van der Waals surface area contributed by atoms with Crippen LogP contribution < -0.4 is 4.74 Å². The van der Waals surface area contributed by atoms with Gasteiger partial charge in [-0.1, -0.05) is 6.07 Å². The largest absolute Gasteiger partial charge is 0.508 e. The first kappa shape index (κ1) is 12.4. The first-order chi connectivity index (χ1) is 10.2. The maximum atomic E-state index is 9.38. The van der Waals surface area contributed by atoms with E-state index in [0.29, 0.717) is 0 Å². The molecule has 0 saturated carbocycles. The summed E-state index contributed by atoms with van der Waals surface area (Å²) >= 11 is 1.72. The molecule has 104 valence electrons. The van der Waals surface area contributed by atoms with Gasteiger partial charge in [0.25, 0.3) is 0 Å². The van der Waals surface area contributed by atoms with Crippen LogP contribution in [0.25, 0.3) is 21.8 Å². The van der Waals surface area contributed by atoms with E-state index in [1.165, 1.54) is 16.0 Å². The second-order valence-corrected chi connectivity index (χ2v) is 6.12. The molecule has 4 rings (SSSR count). The van der Waals surface area contributed by atoms with Crippen LogP contribution in [0, 0.1) is 0 Å². The number of ether oxygens (including phenoxy) is 1. The Balaban J connectivity index is 1.79. The van der Waals surface area contributed by atoms with Crippen LogP contribution in [-0.2, 0) is 6.42 Å². The summed E-state index contributed by atoms with van der Waals surface area (Å²) in [4.78, 5) is 6.08. The topological polar surface area (TPSA) is 42.4 Å². The zero-order valence-electron chi connectivity index (χ0n) is 11.5. The fraction of sp³-hybridized carbons (Fsp3) is 0.118. The van der Waals surface area contributed by atoms with E-state index in [4.69, 9.17) is 9.72 Å². The van der Waals surface area contributed by atoms with Crippen LogP contribution in [0.3, 0.4) is 0 Å². The van der Waals surface area contributed by atoms with Crippen LogP contribution in [0.2, 0.25) is 0 Å². The molecule has 0 fully saturated rings. The molecule has 2 aromatic carbocycles. The number of phenolic OH excluding ortho intramolecular Hbond substituents is 1. The minimum absolute atomic E-state index is 0.276. The lowest BCUT2D eigenvalue weighted by Gasteiger charge is -2.03. The van der Waals surface area contributed by atoms with E-state index in [9.17, 15) is 5.11 Å². The van der Waals surface area contributed by atoms with Crippen molar-refractivity contribution in [3.63, 3.8) is 0 Å². The smallest absolute Gasteiger partial charge is 0.124 e. The van der Waals surface area contributed by atoms with E-state index in [0.717, 1.165) is 28.4 Å². The number of benzene rings is 2. The standard InChI is InChI=1S/C17H13NO2S/c1-20-13-7-4-11-8-15-16(14(11)9-13)18-17(21-15)10-2-5-12(19)6-3-10/h2-7,9,19H,8H2,1H3. The summed E-state index contributed by atoms with van der Waals surface area (Å²) in [6.45, 7) is 0. The van der Waals surface area contributed by atoms with Crippen molar-refractivity contribution >= 4 is 11.3 Å². The molecule has 0 amide bonds. The lowest BCUT2D eigenvalue weighted by atomic mass is 10.1. The van der Waals surface area contributed by atoms with Crippen molar-refractivity contribution in [2.75, 3.05) is 7.11 Å². The summed E-state index contributed by atoms with van der Waals surface area (Å²) in [7, 11) is 1.68. The number of aromatic nitrogens is 1. The maximum absolute atomic E-state index is 9.38. The number of hydrogen-bond acceptors (Lipinski definition) is 4. The number of fused-ring (bicyclic) bond motifs is 3. The number of hydrogen-bond donors (Lipinski definition) is 1. The molecule has 0 radical (unpaired) electrons. The van der Waals surface area contributed by atoms with Gasteiger partial charge in [0.1, 0.15) is 16.5 Å². The van der Waals surface area contributed by atoms with Gasteiger partial charge in [-0.3, -0.25) is 0 Å². The number of methoxy groups -OCH3 is 1. The highest BCUT2D eigenvalue weighted by Gasteiger charge is 2.24. The van der Waals surface area contributed by atoms with Gasteiger partial charge in [0.15, 0.2) is 0 Å². The molecule has 1 aromatic heterocycles. The summed E-state index contributed by atoms with van der Waals surface area (Å²) < 4.78 is 5.31. The average molecular weight is 295 g/mol. The van der Waals surface area contributed by atoms with Crippen LogP contribution in [-0.4, -0.2) is 17.2 Å². The molecule has 1 aliphatic rings. The first-order valence-electron chi connectivity index (χ1n) is 6.71. The van der Waals surface area contributed by atoms with Crippen LogP contribution in [0.4, 0.5) is 0 Å². The molecular formula is C17H13NO2S. The van der Waals surface area contributed by atoms with Crippen LogP contribution in [0.5, 0.6) is 11.5 Å². The van der Waals surface area contributed by atoms with Gasteiger partial charge in [0.2, 0.25) is 0 Å². The number of nitrogens with zero attached hydrogens (tertiary/aromatic N) is 1. The Bertz CT molecular complexity index is 821. The van der Waals surface area contributed by atoms with Crippen molar-refractivity contribution in [3.8, 4) is 33.3 Å². The molecule has 0 aliphatic heterocycles. The zero-order chi connectivity index (χ0) is 14.4. The maximum Gasteiger partial charge on any atom is 0.124 e. The second kappa shape index (κ2) is 4.60. The minimum atomic E-state index is 0.276. The molecule has 0 atom stereocenters. The minimum Gasteiger partial charge on any atom is -0.508 e. The highest BCUT2D eigenvalue weighted by atomic mass is 32.1. The van der Waals surface area contributed by atoms with Crippen molar-refractivity contribution in [1.82, 2.24) is 4.98 Å². The molecule has 0 bridgehead atoms. The third kappa shape index (κ3) is 1.99. The highest BCUT2D eigenvalue weighted by Crippen LogP contribution is 2.43. The molecular weight excluding hydrogens is 282 g/mol. The Morgan fingerprint density at radius 1 is 1.14 bits per heavy atom. The van der Waals surface area contributed by atoms with Crippen LogP contribution in [0.15, 0.2) is 42.5 Å². The Kier molecular flexibility index (Phi) is 2.72. The SMILES string of the molecule is COc1ccc2c(c1)-c1nc(-c3ccc(O)cc3)sc1C2. The third-order valence-electron chi connectivity index (χ3n) is 3.73. The molecule has 3 aromatic rings. The predicted octanol–water partition coefficient (Wildman–Crippen LogP) is 4.10. The van der Waals surface area contributed by atoms with Gasteiger partial charge < -0.3 is 9.84 Å². The molecule has 1 aliphatic carbocycles. The van der Waals surface area contributed by atoms with Crippen LogP contribution in [0.1, 0.15) is 10.4 Å². The Morgan fingerprint density at radius 2 is 1.95 bits per heavy atom. The Labute approximate surface area is 126 Å². The lowest BCUT2D eigenvalue weighted by Crippen LogP contribution is -1.86. The Morgan fingerprint density at radius 3 is 2.71 bits per heavy atom. The quantitative estimate of drug-likeness (QED) is 0.605. The third-order valence-corrected chi connectivity index (χ3v) is 4.84. The van der Waals surface area contributed by atoms with Crippen LogP contribution >= 0.6 is 11.3 Å². The zero-order valence-corrected chi connectivity index (χ0v) is 12.3. The van der Waals surface area contributed by atoms with E-state index in [1.807, 2.05) is 18.2 Å². The summed E-state index contributed by atoms with van der Waals surface area (Å²) in [5.74, 6) is 1.14. The second-order valence-electron chi connectivity index (χ2n) is 5.04. The molecule has 0 saturated heterocycles. The van der Waals surface area contributed by atoms with Gasteiger partial charge in [-0.25, -0.2) is 4.98 Å². The number of phenols is 1. The number of aromatic hydroxyl groups is 1. The molecule has 21 heavy (non-hydrogen) atoms. The predicted molar refractivity (Wildman–Crippen MR) is 84.0 cm³/mol. The summed E-state index contributed by atoms with van der Waals surface area (Å²) in [5.41, 5.74) is 4.58. The summed E-state index contributed by atoms with van der Waals surface area (Å²) in [6.07, 6.45) is 0.935. The average Bonchev–Trinajstić information content (AvgIpc) is 3.05. The lowest BCUT2D eigenvalue weighted by molar-refractivity contribution is 0.415.